The van der Waals surface area contributed by atoms with Gasteiger partial charge in [-0.25, -0.2) is 4.79 Å². The van der Waals surface area contributed by atoms with Crippen LogP contribution in [0.3, 0.4) is 0 Å². The molecule has 1 aliphatic heterocycles. The molecule has 1 aromatic heterocycles. The number of fused-ring (bicyclic) bond motifs is 2. The van der Waals surface area contributed by atoms with E-state index in [1.165, 1.54) is 0 Å². The van der Waals surface area contributed by atoms with Crippen molar-refractivity contribution in [2.24, 2.45) is 0 Å². The smallest absolute Gasteiger partial charge is 0.344 e. The van der Waals surface area contributed by atoms with E-state index in [1.807, 2.05) is 50.3 Å². The van der Waals surface area contributed by atoms with Gasteiger partial charge in [-0.1, -0.05) is 12.1 Å². The van der Waals surface area contributed by atoms with E-state index in [2.05, 4.69) is 0 Å². The van der Waals surface area contributed by atoms with E-state index in [-0.39, 0.29) is 0 Å². The van der Waals surface area contributed by atoms with Crippen LogP contribution in [0, 0.1) is 0 Å². The maximum absolute atomic E-state index is 12.6. The number of methoxy groups -OCH3 is 2. The van der Waals surface area contributed by atoms with Crippen LogP contribution in [0.15, 0.2) is 51.7 Å². The lowest BCUT2D eigenvalue weighted by molar-refractivity contribution is 0.158. The SMILES string of the molecule is COc1ccc(-c2cc3c(OC)c4c(cc3oc2=O)OC(C)(C)C=C4)cc1. The molecule has 5 nitrogen and oxygen atoms in total. The highest BCUT2D eigenvalue weighted by atomic mass is 16.5. The normalized spacial score (nSPS) is 14.5. The Balaban J connectivity index is 1.95. The predicted molar refractivity (Wildman–Crippen MR) is 105 cm³/mol. The molecule has 0 spiro atoms. The summed E-state index contributed by atoms with van der Waals surface area (Å²) in [5, 5.41) is 0.717. The van der Waals surface area contributed by atoms with Crippen LogP contribution >= 0.6 is 0 Å². The molecule has 0 radical (unpaired) electrons. The predicted octanol–water partition coefficient (Wildman–Crippen LogP) is 4.66. The van der Waals surface area contributed by atoms with Crippen LogP contribution in [0.5, 0.6) is 17.2 Å². The molecular formula is C22H20O5. The Hall–Kier alpha value is -3.21. The van der Waals surface area contributed by atoms with E-state index in [0.717, 1.165) is 22.3 Å². The van der Waals surface area contributed by atoms with E-state index >= 15 is 0 Å². The van der Waals surface area contributed by atoms with Crippen LogP contribution in [-0.4, -0.2) is 19.8 Å². The van der Waals surface area contributed by atoms with E-state index in [9.17, 15) is 4.79 Å². The Kier molecular flexibility index (Phi) is 3.95. The van der Waals surface area contributed by atoms with Gasteiger partial charge in [0.1, 0.15) is 28.4 Å². The molecule has 27 heavy (non-hydrogen) atoms. The Morgan fingerprint density at radius 3 is 2.41 bits per heavy atom. The van der Waals surface area contributed by atoms with Crippen molar-refractivity contribution >= 4 is 17.0 Å². The molecule has 0 saturated heterocycles. The summed E-state index contributed by atoms with van der Waals surface area (Å²) in [5.74, 6) is 1.97. The largest absolute Gasteiger partial charge is 0.497 e. The fraction of sp³-hybridized carbons (Fsp3) is 0.227. The summed E-state index contributed by atoms with van der Waals surface area (Å²) in [4.78, 5) is 12.6. The van der Waals surface area contributed by atoms with Crippen molar-refractivity contribution in [1.29, 1.82) is 0 Å². The Morgan fingerprint density at radius 1 is 1.00 bits per heavy atom. The van der Waals surface area contributed by atoms with E-state index < -0.39 is 11.2 Å². The van der Waals surface area contributed by atoms with E-state index in [1.54, 1.807) is 26.4 Å². The first kappa shape index (κ1) is 17.2. The zero-order valence-electron chi connectivity index (χ0n) is 15.7. The maximum atomic E-state index is 12.6. The lowest BCUT2D eigenvalue weighted by atomic mass is 9.98. The first-order valence-corrected chi connectivity index (χ1v) is 8.63. The first-order valence-electron chi connectivity index (χ1n) is 8.63. The third-order valence-corrected chi connectivity index (χ3v) is 4.62. The minimum Gasteiger partial charge on any atom is -0.497 e. The van der Waals surface area contributed by atoms with Gasteiger partial charge < -0.3 is 18.6 Å². The second-order valence-electron chi connectivity index (χ2n) is 6.95. The second kappa shape index (κ2) is 6.20. The summed E-state index contributed by atoms with van der Waals surface area (Å²) in [6.45, 7) is 3.93. The molecule has 5 heteroatoms. The quantitative estimate of drug-likeness (QED) is 0.633. The minimum absolute atomic E-state index is 0.416. The molecule has 0 fully saturated rings. The Bertz CT molecular complexity index is 1100. The van der Waals surface area contributed by atoms with Crippen LogP contribution in [-0.2, 0) is 0 Å². The van der Waals surface area contributed by atoms with Gasteiger partial charge >= 0.3 is 5.63 Å². The number of rotatable bonds is 3. The van der Waals surface area contributed by atoms with E-state index in [0.29, 0.717) is 22.6 Å². The fourth-order valence-corrected chi connectivity index (χ4v) is 3.26. The third kappa shape index (κ3) is 2.95. The topological polar surface area (TPSA) is 57.9 Å². The summed E-state index contributed by atoms with van der Waals surface area (Å²) in [7, 11) is 3.20. The van der Waals surface area contributed by atoms with Crippen LogP contribution < -0.4 is 19.8 Å². The summed E-state index contributed by atoms with van der Waals surface area (Å²) in [5.41, 5.74) is 1.62. The van der Waals surface area contributed by atoms with Gasteiger partial charge in [-0.2, -0.15) is 0 Å². The molecule has 0 unspecified atom stereocenters. The van der Waals surface area contributed by atoms with Crippen LogP contribution in [0.2, 0.25) is 0 Å². The third-order valence-electron chi connectivity index (χ3n) is 4.62. The average molecular weight is 364 g/mol. The standard InChI is InChI=1S/C22H20O5/c1-22(2)10-9-15-19(27-22)12-18-17(20(15)25-4)11-16(21(23)26-18)13-5-7-14(24-3)8-6-13/h5-12H,1-4H3. The van der Waals surface area contributed by atoms with Crippen molar-refractivity contribution < 1.29 is 18.6 Å². The molecule has 0 bridgehead atoms. The highest BCUT2D eigenvalue weighted by Crippen LogP contribution is 2.42. The Morgan fingerprint density at radius 2 is 1.74 bits per heavy atom. The molecule has 3 aromatic rings. The molecule has 0 aliphatic carbocycles. The number of hydrogen-bond donors (Lipinski definition) is 0. The lowest BCUT2D eigenvalue weighted by Crippen LogP contribution is -2.27. The molecule has 0 saturated carbocycles. The van der Waals surface area contributed by atoms with Gasteiger partial charge in [-0.15, -0.1) is 0 Å². The zero-order chi connectivity index (χ0) is 19.2. The van der Waals surface area contributed by atoms with Crippen LogP contribution in [0.25, 0.3) is 28.2 Å². The average Bonchev–Trinajstić information content (AvgIpc) is 2.65. The number of benzene rings is 2. The summed E-state index contributed by atoms with van der Waals surface area (Å²) < 4.78 is 22.4. The van der Waals surface area contributed by atoms with Crippen molar-refractivity contribution in [3.05, 3.63) is 58.5 Å². The van der Waals surface area contributed by atoms with Gasteiger partial charge in [-0.05, 0) is 49.8 Å². The molecule has 138 valence electrons. The highest BCUT2D eigenvalue weighted by molar-refractivity contribution is 5.93. The number of hydrogen-bond acceptors (Lipinski definition) is 5. The van der Waals surface area contributed by atoms with Gasteiger partial charge in [0.2, 0.25) is 0 Å². The molecule has 0 atom stereocenters. The summed E-state index contributed by atoms with van der Waals surface area (Å²) in [6, 6.07) is 10.8. The van der Waals surface area contributed by atoms with Gasteiger partial charge in [-0.3, -0.25) is 0 Å². The van der Waals surface area contributed by atoms with Crippen molar-refractivity contribution in [3.8, 4) is 28.4 Å². The van der Waals surface area contributed by atoms with Crippen molar-refractivity contribution in [2.75, 3.05) is 14.2 Å². The van der Waals surface area contributed by atoms with Crippen molar-refractivity contribution in [2.45, 2.75) is 19.4 Å². The maximum Gasteiger partial charge on any atom is 0.344 e. The molecule has 2 aromatic carbocycles. The monoisotopic (exact) mass is 364 g/mol. The first-order chi connectivity index (χ1) is 12.9. The van der Waals surface area contributed by atoms with Crippen molar-refractivity contribution in [3.63, 3.8) is 0 Å². The van der Waals surface area contributed by atoms with Crippen LogP contribution in [0.1, 0.15) is 19.4 Å². The van der Waals surface area contributed by atoms with Gasteiger partial charge in [0, 0.05) is 6.07 Å². The van der Waals surface area contributed by atoms with Gasteiger partial charge in [0.05, 0.1) is 30.7 Å². The van der Waals surface area contributed by atoms with Crippen molar-refractivity contribution in [1.82, 2.24) is 0 Å². The highest BCUT2D eigenvalue weighted by Gasteiger charge is 2.26. The Labute approximate surface area is 156 Å². The molecule has 0 N–H and O–H groups in total. The zero-order valence-corrected chi connectivity index (χ0v) is 15.7. The summed E-state index contributed by atoms with van der Waals surface area (Å²) in [6.07, 6.45) is 3.96. The minimum atomic E-state index is -0.435. The molecular weight excluding hydrogens is 344 g/mol. The number of ether oxygens (including phenoxy) is 3. The molecule has 0 amide bonds. The van der Waals surface area contributed by atoms with E-state index in [4.69, 9.17) is 18.6 Å². The fourth-order valence-electron chi connectivity index (χ4n) is 3.26. The van der Waals surface area contributed by atoms with Gasteiger partial charge in [0.25, 0.3) is 0 Å². The summed E-state index contributed by atoms with van der Waals surface area (Å²) >= 11 is 0. The second-order valence-corrected chi connectivity index (χ2v) is 6.95. The molecule has 4 rings (SSSR count). The molecule has 2 heterocycles. The lowest BCUT2D eigenvalue weighted by Gasteiger charge is -2.28. The molecule has 1 aliphatic rings. The van der Waals surface area contributed by atoms with Gasteiger partial charge in [0.15, 0.2) is 0 Å². The van der Waals surface area contributed by atoms with Crippen LogP contribution in [0.4, 0.5) is 0 Å².